The molecule has 0 aromatic carbocycles. The fraction of sp³-hybridized carbons (Fsp3) is 1.00. The highest BCUT2D eigenvalue weighted by Gasteiger charge is 2.09. The summed E-state index contributed by atoms with van der Waals surface area (Å²) >= 11 is 0. The summed E-state index contributed by atoms with van der Waals surface area (Å²) in [6.07, 6.45) is 26.3. The van der Waals surface area contributed by atoms with E-state index in [2.05, 4.69) is 41.5 Å². The van der Waals surface area contributed by atoms with Crippen LogP contribution in [0.5, 0.6) is 0 Å². The average molecular weight is 367 g/mol. The summed E-state index contributed by atoms with van der Waals surface area (Å²) < 4.78 is 0. The fourth-order valence-electron chi connectivity index (χ4n) is 3.79. The zero-order valence-electron chi connectivity index (χ0n) is 19.7. The molecule has 0 amide bonds. The van der Waals surface area contributed by atoms with E-state index >= 15 is 0 Å². The van der Waals surface area contributed by atoms with E-state index in [-0.39, 0.29) is 0 Å². The molecule has 0 saturated carbocycles. The second-order valence-electron chi connectivity index (χ2n) is 11.3. The summed E-state index contributed by atoms with van der Waals surface area (Å²) in [6.45, 7) is 14.2. The van der Waals surface area contributed by atoms with Gasteiger partial charge < -0.3 is 0 Å². The van der Waals surface area contributed by atoms with Crippen LogP contribution in [0.15, 0.2) is 0 Å². The first-order valence-corrected chi connectivity index (χ1v) is 12.2. The van der Waals surface area contributed by atoms with Crippen LogP contribution in [-0.4, -0.2) is 0 Å². The van der Waals surface area contributed by atoms with Crippen molar-refractivity contribution >= 4 is 0 Å². The molecule has 0 heteroatoms. The maximum atomic E-state index is 2.36. The van der Waals surface area contributed by atoms with Gasteiger partial charge >= 0.3 is 0 Å². The van der Waals surface area contributed by atoms with Gasteiger partial charge in [0.15, 0.2) is 0 Å². The summed E-state index contributed by atoms with van der Waals surface area (Å²) in [7, 11) is 0. The van der Waals surface area contributed by atoms with Crippen LogP contribution < -0.4 is 0 Å². The summed E-state index contributed by atoms with van der Waals surface area (Å²) in [5.74, 6) is 0. The largest absolute Gasteiger partial charge is 0.0602 e. The van der Waals surface area contributed by atoms with Crippen LogP contribution in [0.3, 0.4) is 0 Å². The molecule has 0 aliphatic heterocycles. The number of rotatable bonds is 17. The van der Waals surface area contributed by atoms with Crippen molar-refractivity contribution in [2.24, 2.45) is 10.8 Å². The van der Waals surface area contributed by atoms with E-state index < -0.39 is 0 Å². The third-order valence-electron chi connectivity index (χ3n) is 5.60. The smallest absolute Gasteiger partial charge is 0.0383 e. The Labute approximate surface area is 168 Å². The Bertz CT molecular complexity index is 245. The topological polar surface area (TPSA) is 0 Å². The van der Waals surface area contributed by atoms with Gasteiger partial charge in [0.25, 0.3) is 0 Å². The molecule has 0 fully saturated rings. The number of unbranched alkanes of at least 4 members (excludes halogenated alkanes) is 15. The third-order valence-corrected chi connectivity index (χ3v) is 5.60. The van der Waals surface area contributed by atoms with Crippen LogP contribution in [0.1, 0.15) is 157 Å². The first kappa shape index (κ1) is 26.0. The van der Waals surface area contributed by atoms with Crippen molar-refractivity contribution in [3.8, 4) is 0 Å². The molecule has 0 saturated heterocycles. The van der Waals surface area contributed by atoms with Gasteiger partial charge in [-0.05, 0) is 23.7 Å². The molecule has 0 bridgehead atoms. The first-order valence-electron chi connectivity index (χ1n) is 12.2. The Balaban J connectivity index is 3.07. The standard InChI is InChI=1S/C26H54/c1-25(2,3)23-21-19-17-15-13-11-9-7-8-10-12-14-16-18-20-22-24-26(4,5)6/h7-24H2,1-6H3. The Kier molecular flexibility index (Phi) is 16.0. The van der Waals surface area contributed by atoms with Crippen LogP contribution in [0.25, 0.3) is 0 Å². The lowest BCUT2D eigenvalue weighted by molar-refractivity contribution is 0.356. The first-order chi connectivity index (χ1) is 12.2. The Morgan fingerprint density at radius 3 is 0.577 bits per heavy atom. The molecule has 0 aliphatic carbocycles. The maximum Gasteiger partial charge on any atom is -0.0383 e. The van der Waals surface area contributed by atoms with Crippen molar-refractivity contribution in [3.05, 3.63) is 0 Å². The lowest BCUT2D eigenvalue weighted by atomic mass is 9.89. The predicted molar refractivity (Wildman–Crippen MR) is 122 cm³/mol. The second kappa shape index (κ2) is 16.0. The van der Waals surface area contributed by atoms with Gasteiger partial charge in [-0.15, -0.1) is 0 Å². The molecule has 0 atom stereocenters. The van der Waals surface area contributed by atoms with E-state index in [1.165, 1.54) is 116 Å². The van der Waals surface area contributed by atoms with Crippen LogP contribution >= 0.6 is 0 Å². The zero-order chi connectivity index (χ0) is 19.7. The van der Waals surface area contributed by atoms with E-state index in [9.17, 15) is 0 Å². The maximum absolute atomic E-state index is 2.36. The molecule has 26 heavy (non-hydrogen) atoms. The summed E-state index contributed by atoms with van der Waals surface area (Å²) in [5.41, 5.74) is 1.07. The minimum absolute atomic E-state index is 0.534. The average Bonchev–Trinajstić information content (AvgIpc) is 2.51. The fourth-order valence-corrected chi connectivity index (χ4v) is 3.79. The van der Waals surface area contributed by atoms with Crippen molar-refractivity contribution in [1.82, 2.24) is 0 Å². The summed E-state index contributed by atoms with van der Waals surface area (Å²) in [5, 5.41) is 0. The van der Waals surface area contributed by atoms with Crippen LogP contribution in [-0.2, 0) is 0 Å². The Hall–Kier alpha value is 0. The SMILES string of the molecule is CC(C)(C)CCCCCCCCCCCCCCCCCCC(C)(C)C. The molecule has 0 unspecified atom stereocenters. The molecule has 0 N–H and O–H groups in total. The van der Waals surface area contributed by atoms with Gasteiger partial charge in [0.2, 0.25) is 0 Å². The van der Waals surface area contributed by atoms with Crippen LogP contribution in [0, 0.1) is 10.8 Å². The van der Waals surface area contributed by atoms with E-state index in [1.54, 1.807) is 0 Å². The van der Waals surface area contributed by atoms with Gasteiger partial charge in [0.05, 0.1) is 0 Å². The molecular weight excluding hydrogens is 312 g/mol. The number of hydrogen-bond acceptors (Lipinski definition) is 0. The van der Waals surface area contributed by atoms with Gasteiger partial charge in [-0.25, -0.2) is 0 Å². The van der Waals surface area contributed by atoms with E-state index in [1.807, 2.05) is 0 Å². The van der Waals surface area contributed by atoms with Gasteiger partial charge in [0, 0.05) is 0 Å². The lowest BCUT2D eigenvalue weighted by Gasteiger charge is -2.17. The summed E-state index contributed by atoms with van der Waals surface area (Å²) in [4.78, 5) is 0. The van der Waals surface area contributed by atoms with Crippen LogP contribution in [0.4, 0.5) is 0 Å². The third kappa shape index (κ3) is 24.0. The second-order valence-corrected chi connectivity index (χ2v) is 11.3. The number of hydrogen-bond donors (Lipinski definition) is 0. The molecule has 0 aromatic rings. The minimum Gasteiger partial charge on any atom is -0.0602 e. The molecule has 158 valence electrons. The monoisotopic (exact) mass is 366 g/mol. The highest BCUT2D eigenvalue weighted by molar-refractivity contribution is 4.62. The highest BCUT2D eigenvalue weighted by Crippen LogP contribution is 2.23. The molecule has 0 aromatic heterocycles. The van der Waals surface area contributed by atoms with E-state index in [4.69, 9.17) is 0 Å². The highest BCUT2D eigenvalue weighted by atomic mass is 14.1. The molecule has 0 heterocycles. The van der Waals surface area contributed by atoms with Crippen molar-refractivity contribution in [2.75, 3.05) is 0 Å². The molecule has 0 spiro atoms. The van der Waals surface area contributed by atoms with Gasteiger partial charge in [-0.2, -0.15) is 0 Å². The van der Waals surface area contributed by atoms with Crippen molar-refractivity contribution in [1.29, 1.82) is 0 Å². The molecule has 0 rings (SSSR count). The molecule has 0 nitrogen and oxygen atoms in total. The Morgan fingerprint density at radius 2 is 0.423 bits per heavy atom. The van der Waals surface area contributed by atoms with Crippen molar-refractivity contribution in [2.45, 2.75) is 157 Å². The molecule has 0 radical (unpaired) electrons. The molecular formula is C26H54. The Morgan fingerprint density at radius 1 is 0.269 bits per heavy atom. The van der Waals surface area contributed by atoms with Gasteiger partial charge in [-0.3, -0.25) is 0 Å². The van der Waals surface area contributed by atoms with Crippen molar-refractivity contribution < 1.29 is 0 Å². The van der Waals surface area contributed by atoms with E-state index in [0.717, 1.165) is 0 Å². The van der Waals surface area contributed by atoms with E-state index in [0.29, 0.717) is 10.8 Å². The molecule has 0 aliphatic rings. The summed E-state index contributed by atoms with van der Waals surface area (Å²) in [6, 6.07) is 0. The van der Waals surface area contributed by atoms with Crippen LogP contribution in [0.2, 0.25) is 0 Å². The predicted octanol–water partition coefficient (Wildman–Crippen LogP) is 10.1. The normalized spacial score (nSPS) is 12.7. The zero-order valence-corrected chi connectivity index (χ0v) is 19.7. The lowest BCUT2D eigenvalue weighted by Crippen LogP contribution is -2.03. The van der Waals surface area contributed by atoms with Gasteiger partial charge in [0.1, 0.15) is 0 Å². The van der Waals surface area contributed by atoms with Crippen molar-refractivity contribution in [3.63, 3.8) is 0 Å². The van der Waals surface area contributed by atoms with Gasteiger partial charge in [-0.1, -0.05) is 144 Å². The minimum atomic E-state index is 0.534. The quantitative estimate of drug-likeness (QED) is 0.224.